The van der Waals surface area contributed by atoms with Crippen molar-refractivity contribution in [2.45, 2.75) is 18.9 Å². The summed E-state index contributed by atoms with van der Waals surface area (Å²) < 4.78 is 4.84. The highest BCUT2D eigenvalue weighted by atomic mass is 16.5. The zero-order chi connectivity index (χ0) is 16.0. The number of aromatic nitrogens is 3. The van der Waals surface area contributed by atoms with Gasteiger partial charge in [0.2, 0.25) is 0 Å². The fourth-order valence-electron chi connectivity index (χ4n) is 4.18. The van der Waals surface area contributed by atoms with Crippen molar-refractivity contribution in [1.82, 2.24) is 19.9 Å². The number of carbonyl (C=O) groups excluding carboxylic acids is 1. The van der Waals surface area contributed by atoms with Gasteiger partial charge in [-0.15, -0.1) is 0 Å². The number of likely N-dealkylation sites (tertiary alicyclic amines) is 1. The lowest BCUT2D eigenvalue weighted by Crippen LogP contribution is -2.34. The van der Waals surface area contributed by atoms with E-state index >= 15 is 0 Å². The van der Waals surface area contributed by atoms with Gasteiger partial charge in [-0.05, 0) is 30.7 Å². The molecule has 1 amide bonds. The number of ether oxygens (including phenoxy) is 1. The summed E-state index contributed by atoms with van der Waals surface area (Å²) in [6.07, 6.45) is 5.48. The number of nitrogens with zero attached hydrogens (tertiary/aromatic N) is 4. The van der Waals surface area contributed by atoms with Crippen molar-refractivity contribution in [3.8, 4) is 0 Å². The first kappa shape index (κ1) is 14.3. The first-order chi connectivity index (χ1) is 11.2. The van der Waals surface area contributed by atoms with Crippen LogP contribution in [0, 0.1) is 11.8 Å². The average Bonchev–Trinajstić information content (AvgIpc) is 3.26. The highest BCUT2D eigenvalue weighted by Gasteiger charge is 2.44. The molecule has 1 saturated heterocycles. The Morgan fingerprint density at radius 1 is 1.35 bits per heavy atom. The summed E-state index contributed by atoms with van der Waals surface area (Å²) in [5, 5.41) is 1.06. The molecule has 0 radical (unpaired) electrons. The van der Waals surface area contributed by atoms with Gasteiger partial charge >= 0.3 is 6.09 Å². The minimum atomic E-state index is -0.200. The maximum Gasteiger partial charge on any atom is 0.409 e. The van der Waals surface area contributed by atoms with Crippen LogP contribution in [0.4, 0.5) is 10.6 Å². The Hall–Kier alpha value is -2.31. The van der Waals surface area contributed by atoms with Gasteiger partial charge in [-0.1, -0.05) is 0 Å². The Bertz CT molecular complexity index is 716. The number of carbonyl (C=O) groups is 1. The molecule has 2 aromatic rings. The van der Waals surface area contributed by atoms with Crippen molar-refractivity contribution in [3.05, 3.63) is 18.6 Å². The summed E-state index contributed by atoms with van der Waals surface area (Å²) in [6.45, 7) is 1.62. The van der Waals surface area contributed by atoms with Gasteiger partial charge in [0.1, 0.15) is 17.8 Å². The largest absolute Gasteiger partial charge is 0.453 e. The van der Waals surface area contributed by atoms with Crippen LogP contribution in [0.25, 0.3) is 11.0 Å². The molecule has 2 aromatic heterocycles. The Morgan fingerprint density at radius 2 is 2.09 bits per heavy atom. The number of methoxy groups -OCH3 is 1. The summed E-state index contributed by atoms with van der Waals surface area (Å²) in [6, 6.07) is 2.48. The first-order valence-electron chi connectivity index (χ1n) is 8.01. The molecule has 1 aliphatic carbocycles. The SMILES string of the molecule is COC(=O)N1C[C@H]2CC(N(C)c3ncnc4[nH]ccc34)C[C@H]2C1. The van der Waals surface area contributed by atoms with Crippen molar-refractivity contribution >= 4 is 22.9 Å². The number of rotatable bonds is 2. The van der Waals surface area contributed by atoms with E-state index in [1.165, 1.54) is 7.11 Å². The van der Waals surface area contributed by atoms with E-state index in [1.54, 1.807) is 6.33 Å². The lowest BCUT2D eigenvalue weighted by molar-refractivity contribution is 0.129. The maximum atomic E-state index is 11.7. The Kier molecular flexibility index (Phi) is 3.36. The molecule has 4 rings (SSSR count). The van der Waals surface area contributed by atoms with E-state index in [-0.39, 0.29) is 6.09 Å². The number of H-pyrrole nitrogens is 1. The molecule has 1 N–H and O–H groups in total. The summed E-state index contributed by atoms with van der Waals surface area (Å²) >= 11 is 0. The summed E-state index contributed by atoms with van der Waals surface area (Å²) in [5.41, 5.74) is 0.872. The molecule has 2 fully saturated rings. The second-order valence-electron chi connectivity index (χ2n) is 6.57. The monoisotopic (exact) mass is 315 g/mol. The van der Waals surface area contributed by atoms with Crippen LogP contribution in [0.2, 0.25) is 0 Å². The number of hydrogen-bond donors (Lipinski definition) is 1. The molecule has 2 aliphatic rings. The fraction of sp³-hybridized carbons (Fsp3) is 0.562. The second-order valence-corrected chi connectivity index (χ2v) is 6.57. The van der Waals surface area contributed by atoms with Gasteiger partial charge < -0.3 is 19.5 Å². The number of anilines is 1. The van der Waals surface area contributed by atoms with Crippen LogP contribution < -0.4 is 4.90 Å². The number of hydrogen-bond acceptors (Lipinski definition) is 5. The highest BCUT2D eigenvalue weighted by molar-refractivity contribution is 5.87. The molecule has 1 unspecified atom stereocenters. The molecule has 1 saturated carbocycles. The van der Waals surface area contributed by atoms with E-state index in [0.29, 0.717) is 17.9 Å². The summed E-state index contributed by atoms with van der Waals surface area (Å²) in [7, 11) is 3.56. The molecule has 7 heteroatoms. The maximum absolute atomic E-state index is 11.7. The van der Waals surface area contributed by atoms with Crippen molar-refractivity contribution in [1.29, 1.82) is 0 Å². The van der Waals surface area contributed by atoms with E-state index < -0.39 is 0 Å². The van der Waals surface area contributed by atoms with Gasteiger partial charge in [0.15, 0.2) is 0 Å². The van der Waals surface area contributed by atoms with Crippen LogP contribution >= 0.6 is 0 Å². The molecule has 0 aromatic carbocycles. The fourth-order valence-corrected chi connectivity index (χ4v) is 4.18. The van der Waals surface area contributed by atoms with Gasteiger partial charge in [0.25, 0.3) is 0 Å². The molecule has 0 bridgehead atoms. The van der Waals surface area contributed by atoms with Crippen LogP contribution in [-0.2, 0) is 4.74 Å². The number of nitrogens with one attached hydrogen (secondary N) is 1. The van der Waals surface area contributed by atoms with Crippen LogP contribution in [-0.4, -0.2) is 59.2 Å². The first-order valence-corrected chi connectivity index (χ1v) is 8.01. The summed E-state index contributed by atoms with van der Waals surface area (Å²) in [5.74, 6) is 2.10. The van der Waals surface area contributed by atoms with Crippen LogP contribution in [0.3, 0.4) is 0 Å². The molecule has 23 heavy (non-hydrogen) atoms. The molecule has 7 nitrogen and oxygen atoms in total. The van der Waals surface area contributed by atoms with Crippen LogP contribution in [0.1, 0.15) is 12.8 Å². The van der Waals surface area contributed by atoms with E-state index in [1.807, 2.05) is 17.2 Å². The smallest absolute Gasteiger partial charge is 0.409 e. The van der Waals surface area contributed by atoms with Gasteiger partial charge in [-0.25, -0.2) is 14.8 Å². The lowest BCUT2D eigenvalue weighted by Gasteiger charge is -2.27. The number of fused-ring (bicyclic) bond motifs is 2. The number of aromatic amines is 1. The van der Waals surface area contributed by atoms with Crippen LogP contribution in [0.15, 0.2) is 18.6 Å². The minimum Gasteiger partial charge on any atom is -0.453 e. The molecule has 122 valence electrons. The van der Waals surface area contributed by atoms with E-state index in [2.05, 4.69) is 26.9 Å². The zero-order valence-corrected chi connectivity index (χ0v) is 13.4. The quantitative estimate of drug-likeness (QED) is 0.916. The predicted molar refractivity (Wildman–Crippen MR) is 86.3 cm³/mol. The predicted octanol–water partition coefficient (Wildman–Crippen LogP) is 1.87. The topological polar surface area (TPSA) is 74.3 Å². The van der Waals surface area contributed by atoms with Gasteiger partial charge in [0, 0.05) is 32.4 Å². The molecule has 3 heterocycles. The van der Waals surface area contributed by atoms with Crippen molar-refractivity contribution < 1.29 is 9.53 Å². The van der Waals surface area contributed by atoms with Gasteiger partial charge in [-0.2, -0.15) is 0 Å². The molecule has 1 aliphatic heterocycles. The third kappa shape index (κ3) is 2.31. The molecule has 3 atom stereocenters. The normalized spacial score (nSPS) is 26.5. The highest BCUT2D eigenvalue weighted by Crippen LogP contribution is 2.41. The van der Waals surface area contributed by atoms with E-state index in [4.69, 9.17) is 4.74 Å². The van der Waals surface area contributed by atoms with E-state index in [0.717, 1.165) is 42.8 Å². The van der Waals surface area contributed by atoms with E-state index in [9.17, 15) is 4.79 Å². The van der Waals surface area contributed by atoms with Gasteiger partial charge in [0.05, 0.1) is 12.5 Å². The third-order valence-corrected chi connectivity index (χ3v) is 5.37. The molecular weight excluding hydrogens is 294 g/mol. The Balaban J connectivity index is 1.49. The Labute approximate surface area is 134 Å². The van der Waals surface area contributed by atoms with Gasteiger partial charge in [-0.3, -0.25) is 0 Å². The Morgan fingerprint density at radius 3 is 2.78 bits per heavy atom. The summed E-state index contributed by atoms with van der Waals surface area (Å²) in [4.78, 5) is 27.7. The zero-order valence-electron chi connectivity index (χ0n) is 13.4. The molecular formula is C16H21N5O2. The van der Waals surface area contributed by atoms with Crippen molar-refractivity contribution in [2.24, 2.45) is 11.8 Å². The second kappa shape index (κ2) is 5.40. The van der Waals surface area contributed by atoms with Crippen molar-refractivity contribution in [3.63, 3.8) is 0 Å². The lowest BCUT2D eigenvalue weighted by atomic mass is 10.0. The standard InChI is InChI=1S/C16H21N5O2/c1-20(15-13-3-4-17-14(13)18-9-19-15)12-5-10-7-21(16(22)23-2)8-11(10)6-12/h3-4,9-12H,5-8H2,1-2H3,(H,17,18,19)/t10-,11+,12?. The molecule has 0 spiro atoms. The average molecular weight is 315 g/mol. The minimum absolute atomic E-state index is 0.200. The number of amides is 1. The third-order valence-electron chi connectivity index (χ3n) is 5.37. The van der Waals surface area contributed by atoms with Crippen LogP contribution in [0.5, 0.6) is 0 Å². The van der Waals surface area contributed by atoms with Crippen molar-refractivity contribution in [2.75, 3.05) is 32.1 Å².